The molecule has 0 bridgehead atoms. The summed E-state index contributed by atoms with van der Waals surface area (Å²) in [5, 5.41) is 5.49. The number of carbonyl (C=O) groups is 5. The molecule has 14 nitrogen and oxygen atoms in total. The van der Waals surface area contributed by atoms with Gasteiger partial charge in [0, 0.05) is 29.2 Å². The smallest absolute Gasteiger partial charge is 0.306 e. The fourth-order valence-electron chi connectivity index (χ4n) is 8.18. The van der Waals surface area contributed by atoms with Crippen molar-refractivity contribution in [1.82, 2.24) is 5.32 Å². The summed E-state index contributed by atoms with van der Waals surface area (Å²) in [4.78, 5) is 65.7. The van der Waals surface area contributed by atoms with Gasteiger partial charge in [0.2, 0.25) is 5.91 Å². The van der Waals surface area contributed by atoms with E-state index in [1.54, 1.807) is 19.9 Å². The molecule has 0 saturated carbocycles. The van der Waals surface area contributed by atoms with E-state index >= 15 is 0 Å². The highest BCUT2D eigenvalue weighted by Gasteiger charge is 2.36. The van der Waals surface area contributed by atoms with Gasteiger partial charge in [0.1, 0.15) is 16.7 Å². The molecule has 2 aliphatic rings. The molecule has 63 heavy (non-hydrogen) atoms. The number of rotatable bonds is 16. The Kier molecular flexibility index (Phi) is 12.5. The van der Waals surface area contributed by atoms with Crippen LogP contribution in [0.3, 0.4) is 0 Å². The number of carbonyl (C=O) groups excluding carboxylic acids is 5. The molecule has 0 saturated heterocycles. The maximum absolute atomic E-state index is 13.7. The molecule has 16 heteroatoms. The number of hydrogen-bond acceptors (Lipinski definition) is 13. The molecule has 0 radical (unpaired) electrons. The van der Waals surface area contributed by atoms with E-state index in [9.17, 15) is 45.4 Å². The van der Waals surface area contributed by atoms with Gasteiger partial charge in [-0.2, -0.15) is 0 Å². The van der Waals surface area contributed by atoms with Crippen molar-refractivity contribution in [3.05, 3.63) is 137 Å². The number of benzene rings is 5. The van der Waals surface area contributed by atoms with Crippen LogP contribution in [0.2, 0.25) is 0 Å². The van der Waals surface area contributed by atoms with Gasteiger partial charge in [-0.25, -0.2) is 16.8 Å². The van der Waals surface area contributed by atoms with Crippen LogP contribution in [0.25, 0.3) is 11.1 Å². The first-order chi connectivity index (χ1) is 29.9. The second-order valence-electron chi connectivity index (χ2n) is 16.0. The van der Waals surface area contributed by atoms with E-state index in [4.69, 9.17) is 10.5 Å². The summed E-state index contributed by atoms with van der Waals surface area (Å²) in [5.41, 5.74) is 8.72. The highest BCUT2D eigenvalue weighted by Crippen LogP contribution is 2.45. The van der Waals surface area contributed by atoms with Gasteiger partial charge in [-0.15, -0.1) is 0 Å². The Hall–Kier alpha value is -6.49. The van der Waals surface area contributed by atoms with Crippen molar-refractivity contribution in [2.45, 2.75) is 61.8 Å². The van der Waals surface area contributed by atoms with Crippen LogP contribution in [0, 0.1) is 11.8 Å². The lowest BCUT2D eigenvalue weighted by molar-refractivity contribution is -0.148. The zero-order valence-electron chi connectivity index (χ0n) is 34.5. The molecule has 0 aromatic heterocycles. The van der Waals surface area contributed by atoms with Gasteiger partial charge in [-0.05, 0) is 65.8 Å². The van der Waals surface area contributed by atoms with E-state index in [1.165, 1.54) is 49.4 Å². The molecule has 1 amide bonds. The number of esters is 1. The van der Waals surface area contributed by atoms with Crippen LogP contribution in [0.1, 0.15) is 88.9 Å². The molecular formula is C47H44N3O11S2-. The van der Waals surface area contributed by atoms with E-state index in [1.807, 2.05) is 48.5 Å². The predicted octanol–water partition coefficient (Wildman–Crippen LogP) is 6.34. The lowest BCUT2D eigenvalue weighted by Crippen LogP contribution is -2.43. The minimum Gasteiger partial charge on any atom is -0.744 e. The van der Waals surface area contributed by atoms with Gasteiger partial charge < -0.3 is 25.7 Å². The first-order valence-electron chi connectivity index (χ1n) is 20.2. The average molecular weight is 891 g/mol. The van der Waals surface area contributed by atoms with Gasteiger partial charge >= 0.3 is 5.97 Å². The number of amides is 1. The van der Waals surface area contributed by atoms with Crippen LogP contribution < -0.4 is 16.4 Å². The number of ether oxygens (including phenoxy) is 1. The summed E-state index contributed by atoms with van der Waals surface area (Å²) in [6, 6.07) is 27.0. The quantitative estimate of drug-likeness (QED) is 0.0547. The fourth-order valence-corrected chi connectivity index (χ4v) is 10.2. The summed E-state index contributed by atoms with van der Waals surface area (Å²) < 4.78 is 69.4. The third kappa shape index (κ3) is 9.05. The Balaban J connectivity index is 0.962. The number of nitrogen functional groups attached to an aromatic ring is 1. The maximum Gasteiger partial charge on any atom is 0.306 e. The number of nitrogens with two attached hydrogens (primary N) is 1. The van der Waals surface area contributed by atoms with Gasteiger partial charge in [0.25, 0.3) is 0 Å². The lowest BCUT2D eigenvalue weighted by atomic mass is 9.82. The number of sulfone groups is 1. The van der Waals surface area contributed by atoms with Crippen LogP contribution >= 0.6 is 0 Å². The summed E-state index contributed by atoms with van der Waals surface area (Å²) >= 11 is 0. The van der Waals surface area contributed by atoms with Crippen molar-refractivity contribution in [1.29, 1.82) is 0 Å². The molecule has 2 atom stereocenters. The number of hydrogen-bond donors (Lipinski definition) is 3. The van der Waals surface area contributed by atoms with Crippen molar-refractivity contribution in [3.63, 3.8) is 0 Å². The van der Waals surface area contributed by atoms with Gasteiger partial charge in [-0.1, -0.05) is 92.7 Å². The number of nitrogens with one attached hydrogen (secondary N) is 2. The largest absolute Gasteiger partial charge is 0.744 e. The van der Waals surface area contributed by atoms with Crippen LogP contribution in [-0.4, -0.2) is 69.0 Å². The zero-order chi connectivity index (χ0) is 45.4. The molecule has 2 aliphatic carbocycles. The summed E-state index contributed by atoms with van der Waals surface area (Å²) in [7, 11) is -9.27. The minimum absolute atomic E-state index is 0.0257. The third-order valence-corrected chi connectivity index (χ3v) is 14.2. The topological polar surface area (TPSA) is 236 Å². The Bertz CT molecular complexity index is 2880. The molecule has 2 unspecified atom stereocenters. The molecular weight excluding hydrogens is 847 g/mol. The van der Waals surface area contributed by atoms with Crippen molar-refractivity contribution < 1.29 is 50.1 Å². The highest BCUT2D eigenvalue weighted by atomic mass is 32.2. The van der Waals surface area contributed by atoms with Crippen LogP contribution in [0.5, 0.6) is 0 Å². The second kappa shape index (κ2) is 17.7. The van der Waals surface area contributed by atoms with E-state index in [-0.39, 0.29) is 70.7 Å². The molecule has 4 N–H and O–H groups in total. The summed E-state index contributed by atoms with van der Waals surface area (Å²) in [5.74, 6) is -4.56. The van der Waals surface area contributed by atoms with Crippen molar-refractivity contribution in [2.75, 3.05) is 23.4 Å². The first kappa shape index (κ1) is 44.6. The molecule has 5 aromatic rings. The van der Waals surface area contributed by atoms with Crippen LogP contribution in [0.4, 0.5) is 17.1 Å². The fraction of sp³-hybridized carbons (Fsp3) is 0.255. The molecule has 0 spiro atoms. The molecule has 0 heterocycles. The number of ketones is 3. The SMILES string of the molecule is CC(NC(=O)C(CC(=O)OCC1c2ccccc2-c2ccccc21)C(C)C)C(=O)CCCS(=O)(=O)c1cccc(Nc2cc(S(=O)(=O)[O-])c(N)c3c2C(=O)c2ccccc2C3=O)c1. The molecule has 326 valence electrons. The van der Waals surface area contributed by atoms with E-state index in [2.05, 4.69) is 10.6 Å². The molecule has 0 fully saturated rings. The standard InChI is InChI=1S/C47H45N3O11S2/c1-26(2)36(23-41(52)61-25-37-32-16-6-4-14-30(32)31-15-5-7-17-33(31)37)47(55)49-27(3)39(51)20-11-21-62(56,57)29-13-10-12-28(22-29)50-38-24-40(63(58,59)60)44(48)43-42(38)45(53)34-18-8-9-19-35(34)46(43)54/h4-10,12-19,22,24,26-27,36-37,50H,11,20-21,23,25,48H2,1-3H3,(H,49,55)(H,58,59,60)/p-1. The zero-order valence-corrected chi connectivity index (χ0v) is 36.2. The van der Waals surface area contributed by atoms with Gasteiger partial charge in [-0.3, -0.25) is 24.0 Å². The van der Waals surface area contributed by atoms with E-state index in [0.717, 1.165) is 28.3 Å². The number of Topliss-reactive ketones (excluding diaryl/α,β-unsaturated/α-hetero) is 1. The predicted molar refractivity (Wildman–Crippen MR) is 233 cm³/mol. The summed E-state index contributed by atoms with van der Waals surface area (Å²) in [6.45, 7) is 5.18. The van der Waals surface area contributed by atoms with Gasteiger partial charge in [0.05, 0.1) is 56.4 Å². The highest BCUT2D eigenvalue weighted by molar-refractivity contribution is 7.91. The minimum atomic E-state index is -5.24. The maximum atomic E-state index is 13.7. The average Bonchev–Trinajstić information content (AvgIpc) is 3.57. The Labute approximate surface area is 364 Å². The third-order valence-electron chi connectivity index (χ3n) is 11.5. The Morgan fingerprint density at radius 2 is 1.33 bits per heavy atom. The number of anilines is 3. The number of fused-ring (bicyclic) bond motifs is 5. The Morgan fingerprint density at radius 1 is 0.762 bits per heavy atom. The van der Waals surface area contributed by atoms with E-state index in [0.29, 0.717) is 0 Å². The van der Waals surface area contributed by atoms with E-state index < -0.39 is 83.0 Å². The normalized spacial score (nSPS) is 14.2. The first-order valence-corrected chi connectivity index (χ1v) is 23.3. The second-order valence-corrected chi connectivity index (χ2v) is 19.4. The molecule has 7 rings (SSSR count). The van der Waals surface area contributed by atoms with Crippen LogP contribution in [-0.2, 0) is 39.1 Å². The monoisotopic (exact) mass is 890 g/mol. The van der Waals surface area contributed by atoms with Crippen molar-refractivity contribution in [2.24, 2.45) is 11.8 Å². The Morgan fingerprint density at radius 3 is 1.92 bits per heavy atom. The summed E-state index contributed by atoms with van der Waals surface area (Å²) in [6.07, 6.45) is -0.494. The molecule has 0 aliphatic heterocycles. The lowest BCUT2D eigenvalue weighted by Gasteiger charge is -2.25. The van der Waals surface area contributed by atoms with Crippen molar-refractivity contribution in [3.8, 4) is 11.1 Å². The van der Waals surface area contributed by atoms with Crippen LogP contribution in [0.15, 0.2) is 113 Å². The molecule has 5 aromatic carbocycles. The van der Waals surface area contributed by atoms with Crippen molar-refractivity contribution >= 4 is 66.2 Å². The van der Waals surface area contributed by atoms with Gasteiger partial charge in [0.15, 0.2) is 27.2 Å².